The third-order valence-corrected chi connectivity index (χ3v) is 2.70. The molecule has 0 amide bonds. The molecule has 0 radical (unpaired) electrons. The first-order valence-electron chi connectivity index (χ1n) is 5.16. The number of hydrogen-bond donors (Lipinski definition) is 0. The average molecular weight is 257 g/mol. The van der Waals surface area contributed by atoms with Gasteiger partial charge in [-0.15, -0.1) is 11.3 Å². The van der Waals surface area contributed by atoms with E-state index in [1.165, 1.54) is 18.4 Å². The van der Waals surface area contributed by atoms with Crippen LogP contribution in [0.4, 0.5) is 0 Å². The van der Waals surface area contributed by atoms with E-state index in [0.29, 0.717) is 11.5 Å². The van der Waals surface area contributed by atoms with Gasteiger partial charge >= 0.3 is 5.97 Å². The fourth-order valence-corrected chi connectivity index (χ4v) is 1.78. The van der Waals surface area contributed by atoms with Crippen LogP contribution in [0.15, 0.2) is 22.7 Å². The van der Waals surface area contributed by atoms with Crippen molar-refractivity contribution < 1.29 is 19.1 Å². The molecule has 1 aromatic heterocycles. The van der Waals surface area contributed by atoms with Gasteiger partial charge in [-0.05, 0) is 18.4 Å². The Bertz CT molecular complexity index is 375. The summed E-state index contributed by atoms with van der Waals surface area (Å²) in [4.78, 5) is 17.3. The molecule has 94 valence electrons. The number of rotatable bonds is 6. The lowest BCUT2D eigenvalue weighted by atomic mass is 10.3. The van der Waals surface area contributed by atoms with Crippen LogP contribution in [0.5, 0.6) is 0 Å². The van der Waals surface area contributed by atoms with Crippen LogP contribution in [0.3, 0.4) is 0 Å². The van der Waals surface area contributed by atoms with Crippen molar-refractivity contribution in [3.05, 3.63) is 22.4 Å². The summed E-state index contributed by atoms with van der Waals surface area (Å²) in [5, 5.41) is 5.63. The highest BCUT2D eigenvalue weighted by Crippen LogP contribution is 2.12. The molecule has 0 aliphatic rings. The third kappa shape index (κ3) is 4.16. The van der Waals surface area contributed by atoms with E-state index in [1.807, 2.05) is 18.4 Å². The summed E-state index contributed by atoms with van der Waals surface area (Å²) in [5.74, 6) is -0.531. The number of ether oxygens (including phenoxy) is 2. The second-order valence-corrected chi connectivity index (χ2v) is 3.98. The van der Waals surface area contributed by atoms with E-state index in [0.717, 1.165) is 0 Å². The predicted molar refractivity (Wildman–Crippen MR) is 65.0 cm³/mol. The Hall–Kier alpha value is -1.40. The Kier molecular flexibility index (Phi) is 5.65. The van der Waals surface area contributed by atoms with Crippen molar-refractivity contribution in [3.8, 4) is 0 Å². The van der Waals surface area contributed by atoms with Gasteiger partial charge in [0.15, 0.2) is 0 Å². The van der Waals surface area contributed by atoms with Gasteiger partial charge in [0, 0.05) is 13.5 Å². The molecular formula is C11H15NO4S. The van der Waals surface area contributed by atoms with Crippen molar-refractivity contribution in [3.63, 3.8) is 0 Å². The number of methoxy groups -OCH3 is 1. The summed E-state index contributed by atoms with van der Waals surface area (Å²) in [6.45, 7) is 4.07. The number of hydrogen-bond acceptors (Lipinski definition) is 6. The van der Waals surface area contributed by atoms with E-state index in [4.69, 9.17) is 9.57 Å². The van der Waals surface area contributed by atoms with E-state index in [1.54, 1.807) is 13.0 Å². The van der Waals surface area contributed by atoms with Gasteiger partial charge in [-0.3, -0.25) is 0 Å². The minimum atomic E-state index is -0.531. The normalized spacial score (nSPS) is 13.2. The molecule has 5 nitrogen and oxygen atoms in total. The SMILES string of the molecule is CCOC(C)O/N=C(\C(=O)OC)c1cccs1. The third-order valence-electron chi connectivity index (χ3n) is 1.83. The van der Waals surface area contributed by atoms with E-state index in [-0.39, 0.29) is 5.71 Å². The summed E-state index contributed by atoms with van der Waals surface area (Å²) < 4.78 is 9.79. The molecule has 1 aromatic rings. The lowest BCUT2D eigenvalue weighted by Gasteiger charge is -2.09. The van der Waals surface area contributed by atoms with Crippen LogP contribution in [0.25, 0.3) is 0 Å². The predicted octanol–water partition coefficient (Wildman–Crippen LogP) is 2.02. The summed E-state index contributed by atoms with van der Waals surface area (Å²) in [7, 11) is 1.30. The van der Waals surface area contributed by atoms with Crippen molar-refractivity contribution in [1.82, 2.24) is 0 Å². The Balaban J connectivity index is 2.77. The van der Waals surface area contributed by atoms with Crippen LogP contribution in [0.2, 0.25) is 0 Å². The topological polar surface area (TPSA) is 57.1 Å². The van der Waals surface area contributed by atoms with E-state index in [2.05, 4.69) is 9.89 Å². The molecule has 0 saturated heterocycles. The Morgan fingerprint density at radius 2 is 2.35 bits per heavy atom. The van der Waals surface area contributed by atoms with Gasteiger partial charge < -0.3 is 14.3 Å². The number of nitrogens with zero attached hydrogens (tertiary/aromatic N) is 1. The fourth-order valence-electron chi connectivity index (χ4n) is 1.08. The van der Waals surface area contributed by atoms with Crippen LogP contribution >= 0.6 is 11.3 Å². The highest BCUT2D eigenvalue weighted by Gasteiger charge is 2.17. The molecule has 0 aliphatic heterocycles. The molecule has 1 heterocycles. The van der Waals surface area contributed by atoms with Crippen molar-refractivity contribution in [2.24, 2.45) is 5.16 Å². The van der Waals surface area contributed by atoms with Gasteiger partial charge in [-0.1, -0.05) is 11.2 Å². The zero-order valence-corrected chi connectivity index (χ0v) is 10.8. The lowest BCUT2D eigenvalue weighted by Crippen LogP contribution is -2.18. The summed E-state index contributed by atoms with van der Waals surface area (Å²) >= 11 is 1.39. The first-order valence-corrected chi connectivity index (χ1v) is 6.04. The Morgan fingerprint density at radius 1 is 1.59 bits per heavy atom. The van der Waals surface area contributed by atoms with Gasteiger partial charge in [0.05, 0.1) is 12.0 Å². The second-order valence-electron chi connectivity index (χ2n) is 3.04. The number of carbonyl (C=O) groups excluding carboxylic acids is 1. The van der Waals surface area contributed by atoms with Gasteiger partial charge in [-0.2, -0.15) is 0 Å². The molecule has 1 rings (SSSR count). The minimum absolute atomic E-state index is 0.147. The summed E-state index contributed by atoms with van der Waals surface area (Å²) in [6.07, 6.45) is -0.500. The van der Waals surface area contributed by atoms with Gasteiger partial charge in [-0.25, -0.2) is 4.79 Å². The zero-order valence-electron chi connectivity index (χ0n) is 10.0. The maximum atomic E-state index is 11.5. The smallest absolute Gasteiger partial charge is 0.361 e. The zero-order chi connectivity index (χ0) is 12.7. The maximum absolute atomic E-state index is 11.5. The van der Waals surface area contributed by atoms with Crippen LogP contribution in [0.1, 0.15) is 18.7 Å². The van der Waals surface area contributed by atoms with Crippen molar-refractivity contribution in [2.75, 3.05) is 13.7 Å². The number of carbonyl (C=O) groups is 1. The lowest BCUT2D eigenvalue weighted by molar-refractivity contribution is -0.135. The molecule has 0 N–H and O–H groups in total. The quantitative estimate of drug-likeness (QED) is 0.338. The average Bonchev–Trinajstić information content (AvgIpc) is 2.83. The van der Waals surface area contributed by atoms with Gasteiger partial charge in [0.25, 0.3) is 0 Å². The summed E-state index contributed by atoms with van der Waals surface area (Å²) in [6, 6.07) is 3.60. The molecule has 0 aromatic carbocycles. The van der Waals surface area contributed by atoms with E-state index in [9.17, 15) is 4.79 Å². The molecule has 0 fully saturated rings. The number of thiophene rings is 1. The Morgan fingerprint density at radius 3 is 2.88 bits per heavy atom. The minimum Gasteiger partial charge on any atom is -0.464 e. The molecule has 0 saturated carbocycles. The molecule has 17 heavy (non-hydrogen) atoms. The van der Waals surface area contributed by atoms with E-state index >= 15 is 0 Å². The molecule has 1 unspecified atom stereocenters. The molecule has 0 spiro atoms. The van der Waals surface area contributed by atoms with Crippen molar-refractivity contribution >= 4 is 23.0 Å². The van der Waals surface area contributed by atoms with Gasteiger partial charge in [0.1, 0.15) is 0 Å². The second kappa shape index (κ2) is 7.03. The molecule has 1 atom stereocenters. The first-order chi connectivity index (χ1) is 8.19. The van der Waals surface area contributed by atoms with E-state index < -0.39 is 12.3 Å². The molecule has 0 bridgehead atoms. The number of oxime groups is 1. The van der Waals surface area contributed by atoms with Crippen LogP contribution < -0.4 is 0 Å². The summed E-state index contributed by atoms with van der Waals surface area (Å²) in [5.41, 5.74) is 0.147. The van der Waals surface area contributed by atoms with Crippen LogP contribution in [0, 0.1) is 0 Å². The van der Waals surface area contributed by atoms with Crippen molar-refractivity contribution in [1.29, 1.82) is 0 Å². The van der Waals surface area contributed by atoms with Crippen LogP contribution in [-0.2, 0) is 19.1 Å². The molecule has 6 heteroatoms. The van der Waals surface area contributed by atoms with Crippen molar-refractivity contribution in [2.45, 2.75) is 20.1 Å². The highest BCUT2D eigenvalue weighted by atomic mass is 32.1. The number of esters is 1. The Labute approximate surface area is 104 Å². The first kappa shape index (κ1) is 13.7. The molecule has 0 aliphatic carbocycles. The van der Waals surface area contributed by atoms with Crippen LogP contribution in [-0.4, -0.2) is 31.7 Å². The standard InChI is InChI=1S/C11H15NO4S/c1-4-15-8(2)16-12-10(11(13)14-3)9-6-5-7-17-9/h5-8H,4H2,1-3H3/b12-10-. The van der Waals surface area contributed by atoms with Gasteiger partial charge in [0.2, 0.25) is 12.0 Å². The fraction of sp³-hybridized carbons (Fsp3) is 0.455. The monoisotopic (exact) mass is 257 g/mol. The highest BCUT2D eigenvalue weighted by molar-refractivity contribution is 7.13. The molecular weight excluding hydrogens is 242 g/mol. The largest absolute Gasteiger partial charge is 0.464 e. The maximum Gasteiger partial charge on any atom is 0.361 e.